The van der Waals surface area contributed by atoms with Crippen LogP contribution in [0.1, 0.15) is 10.5 Å². The number of aromatic amines is 1. The molecule has 7 nitrogen and oxygen atoms in total. The van der Waals surface area contributed by atoms with Gasteiger partial charge >= 0.3 is 0 Å². The number of pyridine rings is 1. The van der Waals surface area contributed by atoms with E-state index in [1.165, 1.54) is 0 Å². The van der Waals surface area contributed by atoms with Gasteiger partial charge in [-0.25, -0.2) is 4.98 Å². The second kappa shape index (κ2) is 6.12. The van der Waals surface area contributed by atoms with Crippen LogP contribution < -0.4 is 10.1 Å². The summed E-state index contributed by atoms with van der Waals surface area (Å²) >= 11 is 0. The number of anilines is 1. The number of amides is 1. The van der Waals surface area contributed by atoms with Crippen LogP contribution in [0.2, 0.25) is 0 Å². The molecule has 1 aromatic carbocycles. The number of ether oxygens (including phenoxy) is 1. The van der Waals surface area contributed by atoms with E-state index >= 15 is 0 Å². The number of benzene rings is 1. The number of nitrogens with one attached hydrogen (secondary N) is 2. The molecule has 4 aromatic rings. The van der Waals surface area contributed by atoms with Crippen molar-refractivity contribution in [2.24, 2.45) is 0 Å². The molecule has 124 valence electrons. The highest BCUT2D eigenvalue weighted by Gasteiger charge is 2.14. The van der Waals surface area contributed by atoms with Crippen molar-refractivity contribution in [1.82, 2.24) is 15.0 Å². The molecule has 0 aliphatic heterocycles. The van der Waals surface area contributed by atoms with E-state index in [4.69, 9.17) is 9.15 Å². The molecular formula is C18H14N4O3. The highest BCUT2D eigenvalue weighted by molar-refractivity contribution is 6.04. The van der Waals surface area contributed by atoms with E-state index in [-0.39, 0.29) is 5.91 Å². The van der Waals surface area contributed by atoms with Crippen molar-refractivity contribution in [2.75, 3.05) is 12.4 Å². The summed E-state index contributed by atoms with van der Waals surface area (Å²) in [7, 11) is 1.54. The number of hydrogen-bond acceptors (Lipinski definition) is 5. The number of H-pyrrole nitrogens is 1. The van der Waals surface area contributed by atoms with Crippen molar-refractivity contribution in [1.29, 1.82) is 0 Å². The summed E-state index contributed by atoms with van der Waals surface area (Å²) in [5, 5.41) is 2.83. The van der Waals surface area contributed by atoms with Crippen molar-refractivity contribution in [3.8, 4) is 17.2 Å². The summed E-state index contributed by atoms with van der Waals surface area (Å²) in [6.45, 7) is 0. The van der Waals surface area contributed by atoms with Gasteiger partial charge in [-0.05, 0) is 42.5 Å². The summed E-state index contributed by atoms with van der Waals surface area (Å²) in [6, 6.07) is 12.4. The number of fused-ring (bicyclic) bond motifs is 1. The van der Waals surface area contributed by atoms with Crippen LogP contribution in [-0.4, -0.2) is 28.0 Å². The zero-order valence-electron chi connectivity index (χ0n) is 13.3. The maximum Gasteiger partial charge on any atom is 0.272 e. The monoisotopic (exact) mass is 334 g/mol. The van der Waals surface area contributed by atoms with Gasteiger partial charge in [0, 0.05) is 18.0 Å². The van der Waals surface area contributed by atoms with E-state index in [9.17, 15) is 4.79 Å². The highest BCUT2D eigenvalue weighted by Crippen LogP contribution is 2.31. The van der Waals surface area contributed by atoms with Gasteiger partial charge in [0.1, 0.15) is 11.4 Å². The van der Waals surface area contributed by atoms with Crippen molar-refractivity contribution >= 4 is 22.8 Å². The van der Waals surface area contributed by atoms with Gasteiger partial charge in [0.05, 0.1) is 12.8 Å². The standard InChI is InChI=1S/C18H14N4O3/c1-24-14-7-6-11(18-22-16-15(25-18)5-3-9-20-16)10-13(14)21-17(23)12-4-2-8-19-12/h2-10,19H,1H3,(H,21,23). The lowest BCUT2D eigenvalue weighted by Crippen LogP contribution is -2.13. The number of nitrogens with zero attached hydrogens (tertiary/aromatic N) is 2. The molecule has 7 heteroatoms. The van der Waals surface area contributed by atoms with Gasteiger partial charge in [-0.2, -0.15) is 4.98 Å². The fourth-order valence-corrected chi connectivity index (χ4v) is 2.49. The molecular weight excluding hydrogens is 320 g/mol. The van der Waals surface area contributed by atoms with Crippen molar-refractivity contribution < 1.29 is 13.9 Å². The first-order chi connectivity index (χ1) is 12.2. The van der Waals surface area contributed by atoms with Gasteiger partial charge < -0.3 is 19.5 Å². The van der Waals surface area contributed by atoms with E-state index in [1.54, 1.807) is 55.9 Å². The number of carbonyl (C=O) groups excluding carboxylic acids is 1. The average Bonchev–Trinajstić information content (AvgIpc) is 3.31. The number of hydrogen-bond donors (Lipinski definition) is 2. The lowest BCUT2D eigenvalue weighted by molar-refractivity contribution is 0.102. The topological polar surface area (TPSA) is 93.0 Å². The molecule has 3 heterocycles. The van der Waals surface area contributed by atoms with Gasteiger partial charge in [0.2, 0.25) is 5.89 Å². The molecule has 0 aliphatic rings. The van der Waals surface area contributed by atoms with Crippen LogP contribution >= 0.6 is 0 Å². The normalized spacial score (nSPS) is 10.8. The molecule has 25 heavy (non-hydrogen) atoms. The molecule has 0 bridgehead atoms. The maximum absolute atomic E-state index is 12.3. The maximum atomic E-state index is 12.3. The Morgan fingerprint density at radius 2 is 2.16 bits per heavy atom. The smallest absolute Gasteiger partial charge is 0.272 e. The molecule has 0 radical (unpaired) electrons. The van der Waals surface area contributed by atoms with Crippen LogP contribution in [0.4, 0.5) is 5.69 Å². The molecule has 3 aromatic heterocycles. The molecule has 0 saturated heterocycles. The Kier molecular flexibility index (Phi) is 3.66. The van der Waals surface area contributed by atoms with Gasteiger partial charge in [0.25, 0.3) is 5.91 Å². The van der Waals surface area contributed by atoms with Crippen molar-refractivity contribution in [3.63, 3.8) is 0 Å². The first-order valence-corrected chi connectivity index (χ1v) is 7.59. The van der Waals surface area contributed by atoms with Gasteiger partial charge in [-0.15, -0.1) is 0 Å². The fraction of sp³-hybridized carbons (Fsp3) is 0.0556. The Morgan fingerprint density at radius 1 is 1.24 bits per heavy atom. The Bertz CT molecular complexity index is 1000. The minimum absolute atomic E-state index is 0.264. The summed E-state index contributed by atoms with van der Waals surface area (Å²) in [5.41, 5.74) is 2.82. The van der Waals surface area contributed by atoms with E-state index in [1.807, 2.05) is 6.07 Å². The first-order valence-electron chi connectivity index (χ1n) is 7.59. The van der Waals surface area contributed by atoms with Gasteiger partial charge in [0.15, 0.2) is 11.2 Å². The molecule has 4 rings (SSSR count). The number of aromatic nitrogens is 3. The Balaban J connectivity index is 1.71. The van der Waals surface area contributed by atoms with Crippen LogP contribution in [-0.2, 0) is 0 Å². The third-order valence-corrected chi connectivity index (χ3v) is 3.70. The second-order valence-electron chi connectivity index (χ2n) is 5.30. The number of rotatable bonds is 4. The van der Waals surface area contributed by atoms with Crippen molar-refractivity contribution in [3.05, 3.63) is 60.6 Å². The van der Waals surface area contributed by atoms with Crippen LogP contribution in [0.25, 0.3) is 22.7 Å². The summed E-state index contributed by atoms with van der Waals surface area (Å²) in [4.78, 5) is 23.7. The van der Waals surface area contributed by atoms with Crippen molar-refractivity contribution in [2.45, 2.75) is 0 Å². The molecule has 1 amide bonds. The second-order valence-corrected chi connectivity index (χ2v) is 5.30. The lowest BCUT2D eigenvalue weighted by atomic mass is 10.1. The average molecular weight is 334 g/mol. The lowest BCUT2D eigenvalue weighted by Gasteiger charge is -2.10. The Morgan fingerprint density at radius 3 is 2.92 bits per heavy atom. The Labute approximate surface area is 142 Å². The third-order valence-electron chi connectivity index (χ3n) is 3.70. The third kappa shape index (κ3) is 2.83. The summed E-state index contributed by atoms with van der Waals surface area (Å²) < 4.78 is 11.1. The number of oxazole rings is 1. The van der Waals surface area contributed by atoms with E-state index < -0.39 is 0 Å². The molecule has 0 aliphatic carbocycles. The zero-order chi connectivity index (χ0) is 17.2. The van der Waals surface area contributed by atoms with Crippen LogP contribution in [0.3, 0.4) is 0 Å². The summed E-state index contributed by atoms with van der Waals surface area (Å²) in [6.07, 6.45) is 3.35. The van der Waals surface area contributed by atoms with E-state index in [2.05, 4.69) is 20.3 Å². The molecule has 2 N–H and O–H groups in total. The molecule has 0 fully saturated rings. The largest absolute Gasteiger partial charge is 0.495 e. The van der Waals surface area contributed by atoms with E-state index in [0.717, 1.165) is 0 Å². The van der Waals surface area contributed by atoms with Crippen LogP contribution in [0.5, 0.6) is 5.75 Å². The number of methoxy groups -OCH3 is 1. The minimum atomic E-state index is -0.264. The summed E-state index contributed by atoms with van der Waals surface area (Å²) in [5.74, 6) is 0.698. The molecule has 0 unspecified atom stereocenters. The quantitative estimate of drug-likeness (QED) is 0.596. The zero-order valence-corrected chi connectivity index (χ0v) is 13.3. The van der Waals surface area contributed by atoms with E-state index in [0.29, 0.717) is 39.8 Å². The predicted molar refractivity (Wildman–Crippen MR) is 92.5 cm³/mol. The predicted octanol–water partition coefficient (Wildman–Crippen LogP) is 3.48. The van der Waals surface area contributed by atoms with Gasteiger partial charge in [-0.1, -0.05) is 0 Å². The van der Waals surface area contributed by atoms with Gasteiger partial charge in [-0.3, -0.25) is 4.79 Å². The molecule has 0 spiro atoms. The Hall–Kier alpha value is -3.61. The number of carbonyl (C=O) groups is 1. The van der Waals surface area contributed by atoms with Crippen LogP contribution in [0.15, 0.2) is 59.3 Å². The minimum Gasteiger partial charge on any atom is -0.495 e. The first kappa shape index (κ1) is 14.9. The SMILES string of the molecule is COc1ccc(-c2nc3ncccc3o2)cc1NC(=O)c1ccc[nH]1. The highest BCUT2D eigenvalue weighted by atomic mass is 16.5. The van der Waals surface area contributed by atoms with Crippen LogP contribution in [0, 0.1) is 0 Å². The molecule has 0 atom stereocenters. The fourth-order valence-electron chi connectivity index (χ4n) is 2.49. The molecule has 0 saturated carbocycles.